The predicted molar refractivity (Wildman–Crippen MR) is 64.1 cm³/mol. The fourth-order valence-corrected chi connectivity index (χ4v) is 2.65. The van der Waals surface area contributed by atoms with Crippen molar-refractivity contribution in [2.24, 2.45) is 11.8 Å². The molecule has 2 saturated heterocycles. The average molecular weight is 211 g/mol. The Kier molecular flexibility index (Phi) is 4.00. The lowest BCUT2D eigenvalue weighted by molar-refractivity contribution is 0.202. The monoisotopic (exact) mass is 211 g/mol. The molecule has 0 bridgehead atoms. The Bertz CT molecular complexity index is 179. The fourth-order valence-electron chi connectivity index (χ4n) is 2.65. The maximum Gasteiger partial charge on any atom is 0.0110 e. The quantitative estimate of drug-likeness (QED) is 0.732. The lowest BCUT2D eigenvalue weighted by atomic mass is 10.0. The highest BCUT2D eigenvalue weighted by molar-refractivity contribution is 4.79. The summed E-state index contributed by atoms with van der Waals surface area (Å²) >= 11 is 0. The van der Waals surface area contributed by atoms with Gasteiger partial charge in [0.1, 0.15) is 0 Å². The molecule has 0 aromatic rings. The summed E-state index contributed by atoms with van der Waals surface area (Å²) in [4.78, 5) is 5.22. The van der Waals surface area contributed by atoms with Gasteiger partial charge in [-0.2, -0.15) is 0 Å². The maximum absolute atomic E-state index is 3.40. The van der Waals surface area contributed by atoms with Crippen LogP contribution in [-0.4, -0.2) is 62.2 Å². The maximum atomic E-state index is 3.40. The van der Waals surface area contributed by atoms with E-state index in [-0.39, 0.29) is 0 Å². The summed E-state index contributed by atoms with van der Waals surface area (Å²) in [7, 11) is 0. The molecule has 2 unspecified atom stereocenters. The third-order valence-electron chi connectivity index (χ3n) is 4.01. The molecule has 2 aliphatic heterocycles. The lowest BCUT2D eigenvalue weighted by Gasteiger charge is -2.29. The van der Waals surface area contributed by atoms with Crippen molar-refractivity contribution in [1.82, 2.24) is 15.1 Å². The molecule has 2 aliphatic rings. The van der Waals surface area contributed by atoms with E-state index in [1.54, 1.807) is 0 Å². The normalized spacial score (nSPS) is 34.8. The van der Waals surface area contributed by atoms with E-state index in [1.807, 2.05) is 0 Å². The summed E-state index contributed by atoms with van der Waals surface area (Å²) in [6, 6.07) is 0. The Balaban J connectivity index is 1.65. The topological polar surface area (TPSA) is 18.5 Å². The van der Waals surface area contributed by atoms with Crippen molar-refractivity contribution in [2.75, 3.05) is 52.4 Å². The first kappa shape index (κ1) is 11.4. The molecule has 0 aromatic heterocycles. The van der Waals surface area contributed by atoms with Gasteiger partial charge in [-0.3, -0.25) is 4.90 Å². The Morgan fingerprint density at radius 2 is 1.47 bits per heavy atom. The highest BCUT2D eigenvalue weighted by atomic mass is 15.2. The zero-order valence-electron chi connectivity index (χ0n) is 10.2. The van der Waals surface area contributed by atoms with Crippen molar-refractivity contribution in [3.05, 3.63) is 0 Å². The number of hydrogen-bond donors (Lipinski definition) is 1. The third kappa shape index (κ3) is 3.16. The van der Waals surface area contributed by atoms with E-state index < -0.39 is 0 Å². The summed E-state index contributed by atoms with van der Waals surface area (Å²) in [5.41, 5.74) is 0. The summed E-state index contributed by atoms with van der Waals surface area (Å²) in [5.74, 6) is 1.79. The van der Waals surface area contributed by atoms with Gasteiger partial charge in [0.25, 0.3) is 0 Å². The lowest BCUT2D eigenvalue weighted by Crippen LogP contribution is -2.46. The molecule has 3 nitrogen and oxygen atoms in total. The standard InChI is InChI=1S/C12H25N3/c1-11-9-15(10-12(11)2)8-7-14-5-3-13-4-6-14/h11-13H,3-10H2,1-2H3. The number of rotatable bonds is 3. The Hall–Kier alpha value is -0.120. The molecule has 0 aromatic carbocycles. The van der Waals surface area contributed by atoms with Gasteiger partial charge in [-0.1, -0.05) is 13.8 Å². The van der Waals surface area contributed by atoms with Gasteiger partial charge >= 0.3 is 0 Å². The Labute approximate surface area is 93.8 Å². The number of nitrogens with zero attached hydrogens (tertiary/aromatic N) is 2. The smallest absolute Gasteiger partial charge is 0.0110 e. The van der Waals surface area contributed by atoms with Crippen LogP contribution in [0.2, 0.25) is 0 Å². The van der Waals surface area contributed by atoms with Crippen LogP contribution in [0.4, 0.5) is 0 Å². The molecular weight excluding hydrogens is 186 g/mol. The Morgan fingerprint density at radius 3 is 2.07 bits per heavy atom. The fraction of sp³-hybridized carbons (Fsp3) is 1.00. The number of hydrogen-bond acceptors (Lipinski definition) is 3. The van der Waals surface area contributed by atoms with Gasteiger partial charge in [0.15, 0.2) is 0 Å². The molecule has 1 N–H and O–H groups in total. The number of likely N-dealkylation sites (tertiary alicyclic amines) is 1. The van der Waals surface area contributed by atoms with Crippen LogP contribution in [-0.2, 0) is 0 Å². The van der Waals surface area contributed by atoms with Crippen LogP contribution in [0.3, 0.4) is 0 Å². The minimum atomic E-state index is 0.896. The first-order valence-electron chi connectivity index (χ1n) is 6.41. The Morgan fingerprint density at radius 1 is 0.933 bits per heavy atom. The van der Waals surface area contributed by atoms with Crippen molar-refractivity contribution < 1.29 is 0 Å². The van der Waals surface area contributed by atoms with Crippen LogP contribution in [0.15, 0.2) is 0 Å². The molecule has 0 saturated carbocycles. The van der Waals surface area contributed by atoms with E-state index in [4.69, 9.17) is 0 Å². The molecule has 0 aliphatic carbocycles. The van der Waals surface area contributed by atoms with E-state index in [0.29, 0.717) is 0 Å². The van der Waals surface area contributed by atoms with E-state index in [2.05, 4.69) is 29.0 Å². The summed E-state index contributed by atoms with van der Waals surface area (Å²) < 4.78 is 0. The molecule has 88 valence electrons. The van der Waals surface area contributed by atoms with E-state index in [1.165, 1.54) is 52.4 Å². The molecule has 2 rings (SSSR count). The van der Waals surface area contributed by atoms with Gasteiger partial charge in [-0.15, -0.1) is 0 Å². The second kappa shape index (κ2) is 5.28. The summed E-state index contributed by atoms with van der Waals surface area (Å²) in [5, 5.41) is 3.40. The average Bonchev–Trinajstić information content (AvgIpc) is 2.57. The first-order chi connectivity index (χ1) is 7.25. The molecule has 15 heavy (non-hydrogen) atoms. The second-order valence-electron chi connectivity index (χ2n) is 5.31. The zero-order valence-corrected chi connectivity index (χ0v) is 10.2. The van der Waals surface area contributed by atoms with E-state index in [0.717, 1.165) is 11.8 Å². The van der Waals surface area contributed by atoms with Crippen LogP contribution < -0.4 is 5.32 Å². The van der Waals surface area contributed by atoms with Gasteiger partial charge < -0.3 is 10.2 Å². The molecule has 2 atom stereocenters. The molecule has 3 heteroatoms. The molecule has 0 radical (unpaired) electrons. The summed E-state index contributed by atoms with van der Waals surface area (Å²) in [6.07, 6.45) is 0. The first-order valence-corrected chi connectivity index (χ1v) is 6.41. The van der Waals surface area contributed by atoms with Crippen LogP contribution >= 0.6 is 0 Å². The van der Waals surface area contributed by atoms with Crippen LogP contribution in [0.1, 0.15) is 13.8 Å². The molecule has 0 amide bonds. The largest absolute Gasteiger partial charge is 0.314 e. The highest BCUT2D eigenvalue weighted by Crippen LogP contribution is 2.21. The minimum Gasteiger partial charge on any atom is -0.314 e. The van der Waals surface area contributed by atoms with Crippen molar-refractivity contribution in [1.29, 1.82) is 0 Å². The summed E-state index contributed by atoms with van der Waals surface area (Å²) in [6.45, 7) is 14.7. The van der Waals surface area contributed by atoms with Crippen LogP contribution in [0, 0.1) is 11.8 Å². The number of piperazine rings is 1. The van der Waals surface area contributed by atoms with E-state index >= 15 is 0 Å². The SMILES string of the molecule is CC1CN(CCN2CCNCC2)CC1C. The van der Waals surface area contributed by atoms with Gasteiger partial charge in [0, 0.05) is 52.4 Å². The predicted octanol–water partition coefficient (Wildman–Crippen LogP) is 0.479. The van der Waals surface area contributed by atoms with Gasteiger partial charge in [0.05, 0.1) is 0 Å². The van der Waals surface area contributed by atoms with Crippen molar-refractivity contribution in [3.8, 4) is 0 Å². The minimum absolute atomic E-state index is 0.896. The second-order valence-corrected chi connectivity index (χ2v) is 5.31. The molecular formula is C12H25N3. The van der Waals surface area contributed by atoms with Gasteiger partial charge in [-0.25, -0.2) is 0 Å². The zero-order chi connectivity index (χ0) is 10.7. The van der Waals surface area contributed by atoms with Crippen LogP contribution in [0.5, 0.6) is 0 Å². The van der Waals surface area contributed by atoms with Crippen LogP contribution in [0.25, 0.3) is 0 Å². The molecule has 2 fully saturated rings. The molecule has 0 spiro atoms. The third-order valence-corrected chi connectivity index (χ3v) is 4.01. The number of nitrogens with one attached hydrogen (secondary N) is 1. The van der Waals surface area contributed by atoms with Crippen molar-refractivity contribution in [2.45, 2.75) is 13.8 Å². The van der Waals surface area contributed by atoms with Crippen molar-refractivity contribution in [3.63, 3.8) is 0 Å². The molecule has 2 heterocycles. The van der Waals surface area contributed by atoms with Gasteiger partial charge in [0.2, 0.25) is 0 Å². The highest BCUT2D eigenvalue weighted by Gasteiger charge is 2.25. The van der Waals surface area contributed by atoms with Crippen molar-refractivity contribution >= 4 is 0 Å². The van der Waals surface area contributed by atoms with E-state index in [9.17, 15) is 0 Å². The van der Waals surface area contributed by atoms with Gasteiger partial charge in [-0.05, 0) is 11.8 Å².